The van der Waals surface area contributed by atoms with E-state index in [4.69, 9.17) is 16.7 Å². The maximum Gasteiger partial charge on any atom is 0.316 e. The molecule has 0 saturated heterocycles. The Hall–Kier alpha value is -0.0900. The van der Waals surface area contributed by atoms with Gasteiger partial charge in [0.15, 0.2) is 0 Å². The Morgan fingerprint density at radius 2 is 2.20 bits per heavy atom. The molecule has 0 aromatic carbocycles. The molecule has 1 unspecified atom stereocenters. The van der Waals surface area contributed by atoms with Crippen molar-refractivity contribution in [2.75, 3.05) is 17.4 Å². The van der Waals surface area contributed by atoms with Gasteiger partial charge in [0.2, 0.25) is 0 Å². The molecule has 0 aliphatic carbocycles. The summed E-state index contributed by atoms with van der Waals surface area (Å²) in [6.07, 6.45) is 0.613. The standard InChI is InChI=1S/C5H9ClO3S/c6-2-1-3-10(9)4-5(7)8/h1-4H2,(H,7,8). The van der Waals surface area contributed by atoms with E-state index in [1.54, 1.807) is 0 Å². The third-order valence-electron chi connectivity index (χ3n) is 0.790. The molecule has 0 bridgehead atoms. The van der Waals surface area contributed by atoms with Crippen molar-refractivity contribution in [3.63, 3.8) is 0 Å². The molecular formula is C5H9ClO3S. The van der Waals surface area contributed by atoms with Crippen LogP contribution in [0.15, 0.2) is 0 Å². The highest BCUT2D eigenvalue weighted by atomic mass is 35.5. The van der Waals surface area contributed by atoms with Gasteiger partial charge in [0, 0.05) is 22.4 Å². The molecule has 0 aliphatic heterocycles. The third kappa shape index (κ3) is 6.04. The Kier molecular flexibility index (Phi) is 5.63. The molecule has 0 spiro atoms. The lowest BCUT2D eigenvalue weighted by Gasteiger charge is -1.94. The summed E-state index contributed by atoms with van der Waals surface area (Å²) >= 11 is 5.30. The molecule has 1 atom stereocenters. The largest absolute Gasteiger partial charge is 0.481 e. The first-order chi connectivity index (χ1) is 4.66. The minimum absolute atomic E-state index is 0.267. The van der Waals surface area contributed by atoms with Crippen molar-refractivity contribution in [2.45, 2.75) is 6.42 Å². The van der Waals surface area contributed by atoms with Gasteiger partial charge in [-0.1, -0.05) is 0 Å². The van der Waals surface area contributed by atoms with E-state index in [2.05, 4.69) is 0 Å². The summed E-state index contributed by atoms with van der Waals surface area (Å²) in [4.78, 5) is 9.95. The molecule has 0 aromatic heterocycles. The van der Waals surface area contributed by atoms with Gasteiger partial charge in [-0.3, -0.25) is 9.00 Å². The first kappa shape index (κ1) is 9.91. The second-order valence-electron chi connectivity index (χ2n) is 1.72. The van der Waals surface area contributed by atoms with E-state index >= 15 is 0 Å². The van der Waals surface area contributed by atoms with Crippen molar-refractivity contribution in [1.29, 1.82) is 0 Å². The number of rotatable bonds is 5. The Morgan fingerprint density at radius 1 is 1.60 bits per heavy atom. The van der Waals surface area contributed by atoms with Crippen LogP contribution < -0.4 is 0 Å². The summed E-state index contributed by atoms with van der Waals surface area (Å²) < 4.78 is 10.7. The summed E-state index contributed by atoms with van der Waals surface area (Å²) in [6, 6.07) is 0. The molecular weight excluding hydrogens is 176 g/mol. The van der Waals surface area contributed by atoms with Crippen molar-refractivity contribution in [3.8, 4) is 0 Å². The summed E-state index contributed by atoms with van der Waals surface area (Å²) in [5.41, 5.74) is 0. The minimum Gasteiger partial charge on any atom is -0.481 e. The SMILES string of the molecule is O=C(O)CS(=O)CCCCl. The van der Waals surface area contributed by atoms with Crippen LogP contribution in [0, 0.1) is 0 Å². The molecule has 0 aliphatic rings. The topological polar surface area (TPSA) is 54.4 Å². The van der Waals surface area contributed by atoms with Crippen LogP contribution in [-0.4, -0.2) is 32.7 Å². The highest BCUT2D eigenvalue weighted by Gasteiger charge is 2.03. The Morgan fingerprint density at radius 3 is 2.60 bits per heavy atom. The molecule has 1 N–H and O–H groups in total. The van der Waals surface area contributed by atoms with Crippen molar-refractivity contribution in [3.05, 3.63) is 0 Å². The second kappa shape index (κ2) is 5.68. The van der Waals surface area contributed by atoms with Gasteiger partial charge in [-0.15, -0.1) is 11.6 Å². The van der Waals surface area contributed by atoms with Crippen molar-refractivity contribution < 1.29 is 14.1 Å². The molecule has 5 heteroatoms. The normalized spacial score (nSPS) is 12.9. The highest BCUT2D eigenvalue weighted by Crippen LogP contribution is 1.90. The first-order valence-electron chi connectivity index (χ1n) is 2.79. The monoisotopic (exact) mass is 184 g/mol. The third-order valence-corrected chi connectivity index (χ3v) is 2.37. The van der Waals surface area contributed by atoms with Gasteiger partial charge >= 0.3 is 5.97 Å². The molecule has 3 nitrogen and oxygen atoms in total. The molecule has 10 heavy (non-hydrogen) atoms. The zero-order valence-corrected chi connectivity index (χ0v) is 6.95. The number of carboxylic acid groups (broad SMARTS) is 1. The van der Waals surface area contributed by atoms with E-state index in [0.717, 1.165) is 0 Å². The zero-order valence-electron chi connectivity index (χ0n) is 5.38. The second-order valence-corrected chi connectivity index (χ2v) is 3.68. The van der Waals surface area contributed by atoms with Gasteiger partial charge in [0.1, 0.15) is 5.75 Å². The van der Waals surface area contributed by atoms with E-state index in [1.165, 1.54) is 0 Å². The van der Waals surface area contributed by atoms with Crippen molar-refractivity contribution in [1.82, 2.24) is 0 Å². The van der Waals surface area contributed by atoms with Crippen LogP contribution in [0.1, 0.15) is 6.42 Å². The van der Waals surface area contributed by atoms with Crippen LogP contribution >= 0.6 is 11.6 Å². The van der Waals surface area contributed by atoms with E-state index in [9.17, 15) is 9.00 Å². The van der Waals surface area contributed by atoms with Crippen LogP contribution in [0.4, 0.5) is 0 Å². The maximum absolute atomic E-state index is 10.7. The van der Waals surface area contributed by atoms with Crippen LogP contribution in [0.3, 0.4) is 0 Å². The number of aliphatic carboxylic acids is 1. The fourth-order valence-electron chi connectivity index (χ4n) is 0.425. The number of hydrogen-bond acceptors (Lipinski definition) is 2. The van der Waals surface area contributed by atoms with E-state index in [1.807, 2.05) is 0 Å². The lowest BCUT2D eigenvalue weighted by Crippen LogP contribution is -2.11. The van der Waals surface area contributed by atoms with Gasteiger partial charge < -0.3 is 5.11 Å². The predicted octanol–water partition coefficient (Wildman–Crippen LogP) is 0.449. The van der Waals surface area contributed by atoms with E-state index in [0.29, 0.717) is 18.1 Å². The van der Waals surface area contributed by atoms with E-state index < -0.39 is 16.8 Å². The van der Waals surface area contributed by atoms with Crippen molar-refractivity contribution in [2.24, 2.45) is 0 Å². The fraction of sp³-hybridized carbons (Fsp3) is 0.800. The molecule has 60 valence electrons. The molecule has 0 heterocycles. The number of halogens is 1. The lowest BCUT2D eigenvalue weighted by molar-refractivity contribution is -0.133. The van der Waals surface area contributed by atoms with Gasteiger partial charge in [-0.2, -0.15) is 0 Å². The first-order valence-corrected chi connectivity index (χ1v) is 4.82. The predicted molar refractivity (Wildman–Crippen MR) is 40.8 cm³/mol. The Labute approximate surface area is 66.8 Å². The summed E-state index contributed by atoms with van der Waals surface area (Å²) in [5.74, 6) is -0.467. The number of carboxylic acids is 1. The Bertz CT molecular complexity index is 137. The minimum atomic E-state index is -1.23. The molecule has 0 amide bonds. The molecule has 0 fully saturated rings. The van der Waals surface area contributed by atoms with E-state index in [-0.39, 0.29) is 5.75 Å². The molecule has 0 rings (SSSR count). The van der Waals surface area contributed by atoms with Gasteiger partial charge in [-0.25, -0.2) is 0 Å². The van der Waals surface area contributed by atoms with Crippen LogP contribution in [-0.2, 0) is 15.6 Å². The van der Waals surface area contributed by atoms with Gasteiger partial charge in [-0.05, 0) is 6.42 Å². The highest BCUT2D eigenvalue weighted by molar-refractivity contribution is 7.85. The molecule has 0 saturated carbocycles. The average molecular weight is 185 g/mol. The molecule has 0 aromatic rings. The lowest BCUT2D eigenvalue weighted by atomic mass is 10.6. The van der Waals surface area contributed by atoms with Gasteiger partial charge in [0.25, 0.3) is 0 Å². The quantitative estimate of drug-likeness (QED) is 0.632. The fourth-order valence-corrected chi connectivity index (χ4v) is 1.60. The average Bonchev–Trinajstić information content (AvgIpc) is 1.82. The summed E-state index contributed by atoms with van der Waals surface area (Å²) in [7, 11) is -1.23. The van der Waals surface area contributed by atoms with Crippen molar-refractivity contribution >= 4 is 28.4 Å². The Balaban J connectivity index is 3.35. The number of alkyl halides is 1. The summed E-state index contributed by atoms with van der Waals surface area (Å²) in [6.45, 7) is 0. The van der Waals surface area contributed by atoms with Gasteiger partial charge in [0.05, 0.1) is 0 Å². The van der Waals surface area contributed by atoms with Crippen LogP contribution in [0.5, 0.6) is 0 Å². The van der Waals surface area contributed by atoms with Crippen LogP contribution in [0.2, 0.25) is 0 Å². The number of carbonyl (C=O) groups is 1. The zero-order chi connectivity index (χ0) is 7.98. The smallest absolute Gasteiger partial charge is 0.316 e. The van der Waals surface area contributed by atoms with Crippen LogP contribution in [0.25, 0.3) is 0 Å². The molecule has 0 radical (unpaired) electrons. The number of hydrogen-bond donors (Lipinski definition) is 1. The summed E-state index contributed by atoms with van der Waals surface area (Å²) in [5, 5.41) is 8.16. The maximum atomic E-state index is 10.7.